The van der Waals surface area contributed by atoms with Crippen LogP contribution in [0.4, 0.5) is 0 Å². The zero-order valence-corrected chi connectivity index (χ0v) is 11.7. The molecule has 1 aliphatic carbocycles. The Morgan fingerprint density at radius 1 is 1.50 bits per heavy atom. The fraction of sp³-hybridized carbons (Fsp3) is 0.538. The number of alkyl halides is 1. The highest BCUT2D eigenvalue weighted by Crippen LogP contribution is 2.39. The van der Waals surface area contributed by atoms with Crippen LogP contribution in [0.25, 0.3) is 0 Å². The average Bonchev–Trinajstić information content (AvgIpc) is 2.86. The molecule has 0 saturated heterocycles. The summed E-state index contributed by atoms with van der Waals surface area (Å²) in [7, 11) is 0. The van der Waals surface area contributed by atoms with Gasteiger partial charge in [-0.15, -0.1) is 0 Å². The second-order valence-corrected chi connectivity index (χ2v) is 5.48. The molecule has 2 N–H and O–H groups in total. The first-order chi connectivity index (χ1) is 8.67. The summed E-state index contributed by atoms with van der Waals surface area (Å²) in [5.41, 5.74) is 0.464. The van der Waals surface area contributed by atoms with Crippen molar-refractivity contribution in [3.8, 4) is 5.75 Å². The Labute approximate surface area is 115 Å². The minimum absolute atomic E-state index is 0.0747. The highest BCUT2D eigenvalue weighted by molar-refractivity contribution is 9.09. The monoisotopic (exact) mass is 312 g/mol. The Bertz CT molecular complexity index is 431. The molecule has 1 amide bonds. The molecule has 0 spiro atoms. The van der Waals surface area contributed by atoms with E-state index in [1.807, 2.05) is 0 Å². The Hall–Kier alpha value is -1.10. The molecule has 18 heavy (non-hydrogen) atoms. The number of amides is 1. The Morgan fingerprint density at radius 3 is 2.83 bits per heavy atom. The molecule has 1 heterocycles. The van der Waals surface area contributed by atoms with E-state index in [1.165, 1.54) is 31.3 Å². The maximum absolute atomic E-state index is 12.0. The first kappa shape index (κ1) is 13.3. The van der Waals surface area contributed by atoms with Crippen LogP contribution in [0, 0.1) is 5.41 Å². The van der Waals surface area contributed by atoms with Crippen molar-refractivity contribution in [2.75, 3.05) is 11.9 Å². The van der Waals surface area contributed by atoms with Crippen molar-refractivity contribution >= 4 is 21.8 Å². The lowest BCUT2D eigenvalue weighted by Gasteiger charge is -2.26. The number of carbonyl (C=O) groups is 1. The Balaban J connectivity index is 1.98. The summed E-state index contributed by atoms with van der Waals surface area (Å²) < 4.78 is 0. The summed E-state index contributed by atoms with van der Waals surface area (Å²) in [5.74, 6) is -0.309. The summed E-state index contributed by atoms with van der Waals surface area (Å²) in [6, 6.07) is 1.53. The number of carbonyl (C=O) groups excluding carboxylic acids is 1. The third-order valence-corrected chi connectivity index (χ3v) is 4.81. The van der Waals surface area contributed by atoms with Gasteiger partial charge in [0.05, 0.1) is 11.8 Å². The van der Waals surface area contributed by atoms with E-state index < -0.39 is 0 Å². The molecule has 1 aromatic rings. The molecule has 1 aliphatic rings. The van der Waals surface area contributed by atoms with Gasteiger partial charge in [0.15, 0.2) is 0 Å². The van der Waals surface area contributed by atoms with Crippen LogP contribution in [0.1, 0.15) is 36.0 Å². The highest BCUT2D eigenvalue weighted by Gasteiger charge is 2.33. The van der Waals surface area contributed by atoms with E-state index in [-0.39, 0.29) is 22.6 Å². The lowest BCUT2D eigenvalue weighted by Crippen LogP contribution is -2.37. The SMILES string of the molecule is O=C(NCC1(CBr)CCCC1)c1ccncc1O. The molecule has 4 nitrogen and oxygen atoms in total. The summed E-state index contributed by atoms with van der Waals surface area (Å²) >= 11 is 3.54. The first-order valence-corrected chi connectivity index (χ1v) is 7.26. The maximum atomic E-state index is 12.0. The number of aromatic nitrogens is 1. The van der Waals surface area contributed by atoms with E-state index in [2.05, 4.69) is 26.2 Å². The number of hydrogen-bond acceptors (Lipinski definition) is 3. The third kappa shape index (κ3) is 2.83. The molecule has 1 aromatic heterocycles. The Morgan fingerprint density at radius 2 is 2.22 bits per heavy atom. The van der Waals surface area contributed by atoms with Gasteiger partial charge in [-0.25, -0.2) is 0 Å². The van der Waals surface area contributed by atoms with E-state index in [9.17, 15) is 9.90 Å². The fourth-order valence-corrected chi connectivity index (χ4v) is 3.18. The predicted molar refractivity (Wildman–Crippen MR) is 72.9 cm³/mol. The van der Waals surface area contributed by atoms with Crippen LogP contribution in [-0.4, -0.2) is 27.9 Å². The van der Waals surface area contributed by atoms with Crippen LogP contribution in [0.15, 0.2) is 18.5 Å². The molecule has 0 unspecified atom stereocenters. The zero-order chi connectivity index (χ0) is 13.0. The molecule has 0 atom stereocenters. The largest absolute Gasteiger partial charge is 0.505 e. The van der Waals surface area contributed by atoms with Crippen LogP contribution in [0.2, 0.25) is 0 Å². The topological polar surface area (TPSA) is 62.2 Å². The molecule has 0 bridgehead atoms. The van der Waals surface area contributed by atoms with Gasteiger partial charge in [0.25, 0.3) is 5.91 Å². The summed E-state index contributed by atoms with van der Waals surface area (Å²) in [5, 5.41) is 13.4. The molecule has 98 valence electrons. The lowest BCUT2D eigenvalue weighted by atomic mass is 9.89. The van der Waals surface area contributed by atoms with E-state index in [1.54, 1.807) is 0 Å². The highest BCUT2D eigenvalue weighted by atomic mass is 79.9. The van der Waals surface area contributed by atoms with Crippen molar-refractivity contribution < 1.29 is 9.90 Å². The van der Waals surface area contributed by atoms with E-state index in [0.717, 1.165) is 18.2 Å². The van der Waals surface area contributed by atoms with Gasteiger partial charge in [-0.05, 0) is 24.3 Å². The number of nitrogens with one attached hydrogen (secondary N) is 1. The minimum Gasteiger partial charge on any atom is -0.505 e. The van der Waals surface area contributed by atoms with Gasteiger partial charge in [0.1, 0.15) is 5.75 Å². The zero-order valence-electron chi connectivity index (χ0n) is 10.2. The van der Waals surface area contributed by atoms with Crippen LogP contribution < -0.4 is 5.32 Å². The molecular weight excluding hydrogens is 296 g/mol. The van der Waals surface area contributed by atoms with Crippen LogP contribution in [-0.2, 0) is 0 Å². The second-order valence-electron chi connectivity index (χ2n) is 4.92. The van der Waals surface area contributed by atoms with Crippen molar-refractivity contribution in [1.29, 1.82) is 0 Å². The molecule has 5 heteroatoms. The Kier molecular flexibility index (Phi) is 4.22. The van der Waals surface area contributed by atoms with Gasteiger partial charge in [-0.3, -0.25) is 9.78 Å². The second kappa shape index (κ2) is 5.69. The van der Waals surface area contributed by atoms with Gasteiger partial charge in [-0.2, -0.15) is 0 Å². The molecule has 0 aliphatic heterocycles. The van der Waals surface area contributed by atoms with Crippen LogP contribution in [0.3, 0.4) is 0 Å². The molecular formula is C13H17BrN2O2. The van der Waals surface area contributed by atoms with E-state index in [4.69, 9.17) is 0 Å². The third-order valence-electron chi connectivity index (χ3n) is 3.62. The fourth-order valence-electron chi connectivity index (χ4n) is 2.42. The quantitative estimate of drug-likeness (QED) is 0.840. The number of nitrogens with zero attached hydrogens (tertiary/aromatic N) is 1. The average molecular weight is 313 g/mol. The van der Waals surface area contributed by atoms with Gasteiger partial charge in [0, 0.05) is 18.1 Å². The molecule has 2 rings (SSSR count). The molecule has 0 radical (unpaired) electrons. The standard InChI is InChI=1S/C13H17BrN2O2/c14-8-13(4-1-2-5-13)9-16-12(18)10-3-6-15-7-11(10)17/h3,6-7,17H,1-2,4-5,8-9H2,(H,16,18). The van der Waals surface area contributed by atoms with Gasteiger partial charge in [-0.1, -0.05) is 28.8 Å². The maximum Gasteiger partial charge on any atom is 0.255 e. The van der Waals surface area contributed by atoms with Crippen molar-refractivity contribution in [2.45, 2.75) is 25.7 Å². The summed E-state index contributed by atoms with van der Waals surface area (Å²) in [6.07, 6.45) is 7.51. The molecule has 1 fully saturated rings. The van der Waals surface area contributed by atoms with Crippen LogP contribution >= 0.6 is 15.9 Å². The van der Waals surface area contributed by atoms with Crippen molar-refractivity contribution in [1.82, 2.24) is 10.3 Å². The van der Waals surface area contributed by atoms with Crippen molar-refractivity contribution in [3.63, 3.8) is 0 Å². The predicted octanol–water partition coefficient (Wildman–Crippen LogP) is 2.47. The summed E-state index contributed by atoms with van der Waals surface area (Å²) in [4.78, 5) is 15.7. The van der Waals surface area contributed by atoms with Gasteiger partial charge >= 0.3 is 0 Å². The van der Waals surface area contributed by atoms with E-state index >= 15 is 0 Å². The van der Waals surface area contributed by atoms with Crippen molar-refractivity contribution in [2.24, 2.45) is 5.41 Å². The number of hydrogen-bond donors (Lipinski definition) is 2. The minimum atomic E-state index is -0.234. The number of halogens is 1. The van der Waals surface area contributed by atoms with Gasteiger partial charge in [0.2, 0.25) is 0 Å². The normalized spacial score (nSPS) is 17.6. The van der Waals surface area contributed by atoms with Crippen molar-refractivity contribution in [3.05, 3.63) is 24.0 Å². The van der Waals surface area contributed by atoms with E-state index in [0.29, 0.717) is 6.54 Å². The number of aromatic hydroxyl groups is 1. The molecule has 0 aromatic carbocycles. The lowest BCUT2D eigenvalue weighted by molar-refractivity contribution is 0.0932. The van der Waals surface area contributed by atoms with Crippen LogP contribution in [0.5, 0.6) is 5.75 Å². The molecule has 1 saturated carbocycles. The van der Waals surface area contributed by atoms with Gasteiger partial charge < -0.3 is 10.4 Å². The summed E-state index contributed by atoms with van der Waals surface area (Å²) in [6.45, 7) is 0.652. The smallest absolute Gasteiger partial charge is 0.255 e. The number of rotatable bonds is 4. The first-order valence-electron chi connectivity index (χ1n) is 6.14. The number of pyridine rings is 1.